The molecule has 0 radical (unpaired) electrons. The predicted octanol–water partition coefficient (Wildman–Crippen LogP) is 3.10. The van der Waals surface area contributed by atoms with E-state index in [9.17, 15) is 4.79 Å². The third kappa shape index (κ3) is 3.98. The summed E-state index contributed by atoms with van der Waals surface area (Å²) in [5, 5.41) is 0. The zero-order chi connectivity index (χ0) is 14.5. The standard InChI is InChI=1S/C17H29NO3/c19-16(8-7-15-5-2-1-3-6-15)18-11-9-17(10-12-18)20-13-4-14-21-17/h15H,1-14H2. The van der Waals surface area contributed by atoms with Crippen LogP contribution in [-0.4, -0.2) is 42.9 Å². The number of carbonyl (C=O) groups is 1. The Kier molecular flexibility index (Phi) is 5.17. The first-order valence-electron chi connectivity index (χ1n) is 8.83. The van der Waals surface area contributed by atoms with Crippen LogP contribution in [0, 0.1) is 5.92 Å². The molecule has 3 rings (SSSR count). The normalized spacial score (nSPS) is 27.0. The highest BCUT2D eigenvalue weighted by Gasteiger charge is 2.39. The molecule has 1 spiro atoms. The van der Waals surface area contributed by atoms with Crippen molar-refractivity contribution in [3.05, 3.63) is 0 Å². The molecule has 1 amide bonds. The van der Waals surface area contributed by atoms with Crippen molar-refractivity contribution in [1.82, 2.24) is 4.90 Å². The van der Waals surface area contributed by atoms with Gasteiger partial charge in [-0.25, -0.2) is 0 Å². The molecular weight excluding hydrogens is 266 g/mol. The van der Waals surface area contributed by atoms with E-state index in [0.29, 0.717) is 5.91 Å². The van der Waals surface area contributed by atoms with Crippen LogP contribution in [-0.2, 0) is 14.3 Å². The number of hydrogen-bond acceptors (Lipinski definition) is 3. The second kappa shape index (κ2) is 7.10. The number of ether oxygens (including phenoxy) is 2. The molecule has 0 N–H and O–H groups in total. The van der Waals surface area contributed by atoms with Crippen LogP contribution in [0.5, 0.6) is 0 Å². The van der Waals surface area contributed by atoms with Crippen molar-refractivity contribution in [2.45, 2.75) is 70.0 Å². The zero-order valence-electron chi connectivity index (χ0n) is 13.1. The minimum Gasteiger partial charge on any atom is -0.350 e. The number of hydrogen-bond donors (Lipinski definition) is 0. The molecule has 2 saturated heterocycles. The second-order valence-corrected chi connectivity index (χ2v) is 6.88. The number of nitrogens with zero attached hydrogens (tertiary/aromatic N) is 1. The SMILES string of the molecule is O=C(CCC1CCCCC1)N1CCC2(CC1)OCCCO2. The number of rotatable bonds is 3. The van der Waals surface area contributed by atoms with Gasteiger partial charge < -0.3 is 14.4 Å². The summed E-state index contributed by atoms with van der Waals surface area (Å²) >= 11 is 0. The van der Waals surface area contributed by atoms with Crippen molar-refractivity contribution in [2.24, 2.45) is 5.92 Å². The van der Waals surface area contributed by atoms with Crippen LogP contribution in [0.3, 0.4) is 0 Å². The van der Waals surface area contributed by atoms with Crippen molar-refractivity contribution in [2.75, 3.05) is 26.3 Å². The molecule has 0 unspecified atom stereocenters. The van der Waals surface area contributed by atoms with Crippen molar-refractivity contribution >= 4 is 5.91 Å². The third-order valence-electron chi connectivity index (χ3n) is 5.39. The molecule has 2 heterocycles. The zero-order valence-corrected chi connectivity index (χ0v) is 13.1. The van der Waals surface area contributed by atoms with Gasteiger partial charge in [-0.05, 0) is 18.8 Å². The average Bonchev–Trinajstić information content (AvgIpc) is 2.55. The Balaban J connectivity index is 1.40. The third-order valence-corrected chi connectivity index (χ3v) is 5.39. The fraction of sp³-hybridized carbons (Fsp3) is 0.941. The highest BCUT2D eigenvalue weighted by atomic mass is 16.7. The minimum absolute atomic E-state index is 0.339. The maximum absolute atomic E-state index is 12.4. The van der Waals surface area contributed by atoms with E-state index in [0.717, 1.165) is 64.3 Å². The lowest BCUT2D eigenvalue weighted by Gasteiger charge is -2.43. The van der Waals surface area contributed by atoms with Crippen LogP contribution in [0.25, 0.3) is 0 Å². The summed E-state index contributed by atoms with van der Waals surface area (Å²) in [4.78, 5) is 14.4. The molecule has 3 aliphatic rings. The predicted molar refractivity (Wildman–Crippen MR) is 80.9 cm³/mol. The van der Waals surface area contributed by atoms with Crippen molar-refractivity contribution < 1.29 is 14.3 Å². The van der Waals surface area contributed by atoms with Gasteiger partial charge in [-0.15, -0.1) is 0 Å². The summed E-state index contributed by atoms with van der Waals surface area (Å²) in [5.41, 5.74) is 0. The lowest BCUT2D eigenvalue weighted by Crippen LogP contribution is -2.51. The Morgan fingerprint density at radius 1 is 1.00 bits per heavy atom. The van der Waals surface area contributed by atoms with Gasteiger partial charge in [0, 0.05) is 32.4 Å². The van der Waals surface area contributed by atoms with E-state index >= 15 is 0 Å². The van der Waals surface area contributed by atoms with Crippen LogP contribution < -0.4 is 0 Å². The molecule has 0 bridgehead atoms. The van der Waals surface area contributed by atoms with Crippen LogP contribution in [0.15, 0.2) is 0 Å². The lowest BCUT2D eigenvalue weighted by atomic mass is 9.86. The van der Waals surface area contributed by atoms with Crippen molar-refractivity contribution in [3.63, 3.8) is 0 Å². The molecule has 1 aliphatic carbocycles. The molecule has 120 valence electrons. The van der Waals surface area contributed by atoms with E-state index in [1.807, 2.05) is 4.90 Å². The van der Waals surface area contributed by atoms with E-state index in [-0.39, 0.29) is 5.79 Å². The highest BCUT2D eigenvalue weighted by Crippen LogP contribution is 2.32. The van der Waals surface area contributed by atoms with Crippen LogP contribution in [0.1, 0.15) is 64.2 Å². The van der Waals surface area contributed by atoms with Crippen molar-refractivity contribution in [3.8, 4) is 0 Å². The summed E-state index contributed by atoms with van der Waals surface area (Å²) in [6.07, 6.45) is 11.3. The molecule has 3 fully saturated rings. The molecule has 0 atom stereocenters. The van der Waals surface area contributed by atoms with Gasteiger partial charge in [-0.1, -0.05) is 32.1 Å². The Morgan fingerprint density at radius 3 is 2.33 bits per heavy atom. The largest absolute Gasteiger partial charge is 0.350 e. The van der Waals surface area contributed by atoms with Gasteiger partial charge in [0.1, 0.15) is 0 Å². The van der Waals surface area contributed by atoms with E-state index < -0.39 is 0 Å². The summed E-state index contributed by atoms with van der Waals surface area (Å²) in [6.45, 7) is 3.19. The van der Waals surface area contributed by atoms with E-state index in [1.165, 1.54) is 32.1 Å². The van der Waals surface area contributed by atoms with Crippen LogP contribution >= 0.6 is 0 Å². The summed E-state index contributed by atoms with van der Waals surface area (Å²) in [5.74, 6) is 0.758. The first-order chi connectivity index (χ1) is 10.3. The van der Waals surface area contributed by atoms with Gasteiger partial charge in [-0.2, -0.15) is 0 Å². The fourth-order valence-corrected chi connectivity index (χ4v) is 3.96. The Bertz CT molecular complexity index is 336. The number of piperidine rings is 1. The highest BCUT2D eigenvalue weighted by molar-refractivity contribution is 5.76. The van der Waals surface area contributed by atoms with Crippen LogP contribution in [0.4, 0.5) is 0 Å². The molecule has 4 heteroatoms. The quantitative estimate of drug-likeness (QED) is 0.803. The summed E-state index contributed by atoms with van der Waals surface area (Å²) in [6, 6.07) is 0. The number of likely N-dealkylation sites (tertiary alicyclic amines) is 1. The van der Waals surface area contributed by atoms with Gasteiger partial charge in [0.2, 0.25) is 5.91 Å². The second-order valence-electron chi connectivity index (χ2n) is 6.88. The monoisotopic (exact) mass is 295 g/mol. The summed E-state index contributed by atoms with van der Waals surface area (Å²) < 4.78 is 11.7. The van der Waals surface area contributed by atoms with E-state index in [1.54, 1.807) is 0 Å². The first kappa shape index (κ1) is 15.3. The van der Waals surface area contributed by atoms with Gasteiger partial charge in [0.05, 0.1) is 13.2 Å². The molecule has 0 aromatic carbocycles. The molecular formula is C17H29NO3. The maximum Gasteiger partial charge on any atom is 0.222 e. The fourth-order valence-electron chi connectivity index (χ4n) is 3.96. The summed E-state index contributed by atoms with van der Waals surface area (Å²) in [7, 11) is 0. The average molecular weight is 295 g/mol. The maximum atomic E-state index is 12.4. The minimum atomic E-state index is -0.377. The Hall–Kier alpha value is -0.610. The molecule has 21 heavy (non-hydrogen) atoms. The number of amides is 1. The molecule has 0 aromatic rings. The smallest absolute Gasteiger partial charge is 0.222 e. The Labute approximate surface area is 128 Å². The van der Waals surface area contributed by atoms with E-state index in [2.05, 4.69) is 0 Å². The van der Waals surface area contributed by atoms with Gasteiger partial charge in [0.15, 0.2) is 5.79 Å². The first-order valence-corrected chi connectivity index (χ1v) is 8.83. The molecule has 1 saturated carbocycles. The lowest BCUT2D eigenvalue weighted by molar-refractivity contribution is -0.282. The molecule has 0 aromatic heterocycles. The molecule has 2 aliphatic heterocycles. The van der Waals surface area contributed by atoms with Crippen LogP contribution in [0.2, 0.25) is 0 Å². The van der Waals surface area contributed by atoms with Crippen molar-refractivity contribution in [1.29, 1.82) is 0 Å². The van der Waals surface area contributed by atoms with E-state index in [4.69, 9.17) is 9.47 Å². The number of carbonyl (C=O) groups excluding carboxylic acids is 1. The topological polar surface area (TPSA) is 38.8 Å². The van der Waals surface area contributed by atoms with Gasteiger partial charge in [-0.3, -0.25) is 4.79 Å². The Morgan fingerprint density at radius 2 is 1.67 bits per heavy atom. The molecule has 4 nitrogen and oxygen atoms in total. The van der Waals surface area contributed by atoms with Gasteiger partial charge >= 0.3 is 0 Å². The van der Waals surface area contributed by atoms with Gasteiger partial charge in [0.25, 0.3) is 0 Å².